The molecule has 2 rings (SSSR count). The summed E-state index contributed by atoms with van der Waals surface area (Å²) in [6.45, 7) is 3.48. The van der Waals surface area contributed by atoms with E-state index in [2.05, 4.69) is 16.3 Å². The van der Waals surface area contributed by atoms with E-state index < -0.39 is 24.1 Å². The minimum Gasteiger partial charge on any atom is -0.489 e. The van der Waals surface area contributed by atoms with Crippen LogP contribution in [0.15, 0.2) is 35.8 Å². The third-order valence-electron chi connectivity index (χ3n) is 3.06. The molecule has 1 aromatic rings. The number of aliphatic imine (C=N–C) groups is 1. The molecular formula is C15H15F3N2O5. The molecule has 1 heterocycles. The topological polar surface area (TPSA) is 89.4 Å². The fourth-order valence-corrected chi connectivity index (χ4v) is 1.96. The molecule has 1 atom stereocenters. The number of hydrogen-bond donors (Lipinski definition) is 2. The average molecular weight is 360 g/mol. The van der Waals surface area contributed by atoms with Crippen molar-refractivity contribution in [2.75, 3.05) is 13.2 Å². The van der Waals surface area contributed by atoms with E-state index in [0.29, 0.717) is 6.42 Å². The highest BCUT2D eigenvalue weighted by molar-refractivity contribution is 5.98. The molecule has 1 aliphatic heterocycles. The summed E-state index contributed by atoms with van der Waals surface area (Å²) >= 11 is 0. The monoisotopic (exact) mass is 360 g/mol. The lowest BCUT2D eigenvalue weighted by atomic mass is 10.2. The summed E-state index contributed by atoms with van der Waals surface area (Å²) < 4.78 is 52.2. The number of nitrogens with one attached hydrogen (secondary N) is 1. The zero-order valence-electron chi connectivity index (χ0n) is 12.9. The van der Waals surface area contributed by atoms with Gasteiger partial charge in [0.25, 0.3) is 5.91 Å². The lowest BCUT2D eigenvalue weighted by Crippen LogP contribution is -2.31. The van der Waals surface area contributed by atoms with Crippen LogP contribution in [0.3, 0.4) is 0 Å². The minimum absolute atomic E-state index is 0.0433. The molecule has 0 aliphatic carbocycles. The molecule has 0 unspecified atom stereocenters. The molecule has 0 aromatic heterocycles. The molecule has 0 saturated carbocycles. The quantitative estimate of drug-likeness (QED) is 0.337. The first-order chi connectivity index (χ1) is 11.8. The van der Waals surface area contributed by atoms with E-state index in [-0.39, 0.29) is 30.4 Å². The van der Waals surface area contributed by atoms with Gasteiger partial charge in [0, 0.05) is 5.56 Å². The number of alkyl halides is 3. The van der Waals surface area contributed by atoms with Crippen LogP contribution in [0.4, 0.5) is 13.2 Å². The van der Waals surface area contributed by atoms with Crippen LogP contribution in [0.25, 0.3) is 0 Å². The first-order valence-corrected chi connectivity index (χ1v) is 7.12. The van der Waals surface area contributed by atoms with Gasteiger partial charge < -0.3 is 14.2 Å². The summed E-state index contributed by atoms with van der Waals surface area (Å²) in [5, 5.41) is 8.57. The Kier molecular flexibility index (Phi) is 5.86. The molecule has 0 spiro atoms. The van der Waals surface area contributed by atoms with Gasteiger partial charge in [0.05, 0.1) is 6.61 Å². The van der Waals surface area contributed by atoms with Gasteiger partial charge in [-0.3, -0.25) is 10.0 Å². The van der Waals surface area contributed by atoms with Crippen LogP contribution in [0.5, 0.6) is 11.5 Å². The third kappa shape index (κ3) is 5.11. The molecule has 0 fully saturated rings. The number of carbonyl (C=O) groups excluding carboxylic acids is 1. The molecule has 0 saturated heterocycles. The van der Waals surface area contributed by atoms with Crippen LogP contribution in [-0.4, -0.2) is 42.6 Å². The molecular weight excluding hydrogens is 345 g/mol. The van der Waals surface area contributed by atoms with Gasteiger partial charge in [0.1, 0.15) is 6.61 Å². The number of nitrogens with zero attached hydrogens (tertiary/aromatic N) is 1. The minimum atomic E-state index is -4.91. The smallest absolute Gasteiger partial charge is 0.489 e. The van der Waals surface area contributed by atoms with Crippen molar-refractivity contribution in [3.05, 3.63) is 36.4 Å². The van der Waals surface area contributed by atoms with Crippen LogP contribution in [0.2, 0.25) is 0 Å². The number of carbonyl (C=O) groups is 1. The second-order valence-corrected chi connectivity index (χ2v) is 4.87. The molecule has 1 aliphatic rings. The van der Waals surface area contributed by atoms with Crippen LogP contribution in [-0.2, 0) is 9.53 Å². The van der Waals surface area contributed by atoms with Crippen LogP contribution < -0.4 is 15.0 Å². The first-order valence-electron chi connectivity index (χ1n) is 7.12. The SMILES string of the molecule is C=CCCOc1ccc(C2=N[C@@H](C(=O)NO)CO2)cc1OC(F)(F)F. The molecule has 7 nitrogen and oxygen atoms in total. The number of hydroxylamine groups is 1. The average Bonchev–Trinajstić information content (AvgIpc) is 3.04. The zero-order valence-corrected chi connectivity index (χ0v) is 12.9. The second-order valence-electron chi connectivity index (χ2n) is 4.87. The van der Waals surface area contributed by atoms with Crippen molar-refractivity contribution in [1.82, 2.24) is 5.48 Å². The number of hydrogen-bond acceptors (Lipinski definition) is 6. The van der Waals surface area contributed by atoms with E-state index in [1.165, 1.54) is 17.6 Å². The number of ether oxygens (including phenoxy) is 3. The van der Waals surface area contributed by atoms with Gasteiger partial charge in [-0.25, -0.2) is 10.5 Å². The lowest BCUT2D eigenvalue weighted by Gasteiger charge is -2.15. The Balaban J connectivity index is 2.26. The Morgan fingerprint density at radius 2 is 2.24 bits per heavy atom. The van der Waals surface area contributed by atoms with E-state index in [1.54, 1.807) is 6.08 Å². The maximum Gasteiger partial charge on any atom is 0.573 e. The highest BCUT2D eigenvalue weighted by Gasteiger charge is 2.33. The van der Waals surface area contributed by atoms with Crippen molar-refractivity contribution in [2.45, 2.75) is 18.8 Å². The molecule has 2 N–H and O–H groups in total. The van der Waals surface area contributed by atoms with Crippen molar-refractivity contribution in [3.8, 4) is 11.5 Å². The predicted molar refractivity (Wildman–Crippen MR) is 79.6 cm³/mol. The predicted octanol–water partition coefficient (Wildman–Crippen LogP) is 2.19. The highest BCUT2D eigenvalue weighted by Crippen LogP contribution is 2.34. The summed E-state index contributed by atoms with van der Waals surface area (Å²) in [5.74, 6) is -1.49. The summed E-state index contributed by atoms with van der Waals surface area (Å²) in [4.78, 5) is 15.2. The molecule has 1 aromatic carbocycles. The van der Waals surface area contributed by atoms with Gasteiger partial charge in [-0.05, 0) is 24.6 Å². The normalized spacial score (nSPS) is 16.6. The van der Waals surface area contributed by atoms with E-state index >= 15 is 0 Å². The zero-order chi connectivity index (χ0) is 18.4. The molecule has 1 amide bonds. The molecule has 25 heavy (non-hydrogen) atoms. The molecule has 136 valence electrons. The fourth-order valence-electron chi connectivity index (χ4n) is 1.96. The lowest BCUT2D eigenvalue weighted by molar-refractivity contribution is -0.275. The van der Waals surface area contributed by atoms with Gasteiger partial charge >= 0.3 is 6.36 Å². The van der Waals surface area contributed by atoms with Gasteiger partial charge in [-0.15, -0.1) is 19.8 Å². The Hall–Kier alpha value is -2.75. The van der Waals surface area contributed by atoms with Gasteiger partial charge in [0.15, 0.2) is 17.5 Å². The summed E-state index contributed by atoms with van der Waals surface area (Å²) in [5.41, 5.74) is 1.60. The summed E-state index contributed by atoms with van der Waals surface area (Å²) in [6, 6.07) is 2.76. The van der Waals surface area contributed by atoms with Crippen LogP contribution in [0, 0.1) is 0 Å². The Bertz CT molecular complexity index is 676. The number of rotatable bonds is 7. The number of halogens is 3. The molecule has 10 heteroatoms. The molecule has 0 radical (unpaired) electrons. The van der Waals surface area contributed by atoms with Crippen molar-refractivity contribution < 1.29 is 37.4 Å². The van der Waals surface area contributed by atoms with Crippen molar-refractivity contribution in [3.63, 3.8) is 0 Å². The number of benzene rings is 1. The van der Waals surface area contributed by atoms with E-state index in [4.69, 9.17) is 14.7 Å². The largest absolute Gasteiger partial charge is 0.573 e. The van der Waals surface area contributed by atoms with E-state index in [0.717, 1.165) is 6.07 Å². The van der Waals surface area contributed by atoms with E-state index in [1.807, 2.05) is 0 Å². The maximum absolute atomic E-state index is 12.6. The van der Waals surface area contributed by atoms with Gasteiger partial charge in [-0.1, -0.05) is 6.08 Å². The second kappa shape index (κ2) is 7.88. The Morgan fingerprint density at radius 1 is 1.48 bits per heavy atom. The standard InChI is InChI=1S/C15H15F3N2O5/c1-2-3-6-23-11-5-4-9(7-12(11)25-15(16,17)18)14-19-10(8-24-14)13(21)20-22/h2,4-5,7,10,22H,1,3,6,8H2,(H,20,21)/t10-/m1/s1. The van der Waals surface area contributed by atoms with Gasteiger partial charge in [0.2, 0.25) is 5.90 Å². The summed E-state index contributed by atoms with van der Waals surface area (Å²) in [7, 11) is 0. The van der Waals surface area contributed by atoms with Crippen molar-refractivity contribution >= 4 is 11.8 Å². The third-order valence-corrected chi connectivity index (χ3v) is 3.06. The fraction of sp³-hybridized carbons (Fsp3) is 0.333. The number of amides is 1. The van der Waals surface area contributed by atoms with Gasteiger partial charge in [-0.2, -0.15) is 0 Å². The Morgan fingerprint density at radius 3 is 2.88 bits per heavy atom. The van der Waals surface area contributed by atoms with E-state index in [9.17, 15) is 18.0 Å². The molecule has 0 bridgehead atoms. The van der Waals surface area contributed by atoms with Crippen LogP contribution >= 0.6 is 0 Å². The summed E-state index contributed by atoms with van der Waals surface area (Å²) in [6.07, 6.45) is -2.90. The van der Waals surface area contributed by atoms with Crippen molar-refractivity contribution in [2.24, 2.45) is 4.99 Å². The first kappa shape index (κ1) is 18.6. The Labute approximate surface area is 140 Å². The van der Waals surface area contributed by atoms with Crippen LogP contribution in [0.1, 0.15) is 12.0 Å². The highest BCUT2D eigenvalue weighted by atomic mass is 19.4. The van der Waals surface area contributed by atoms with Crippen molar-refractivity contribution in [1.29, 1.82) is 0 Å². The maximum atomic E-state index is 12.6.